The van der Waals surface area contributed by atoms with Crippen molar-refractivity contribution in [1.82, 2.24) is 30.4 Å². The number of amides is 1. The molecule has 0 unspecified atom stereocenters. The molecule has 3 heterocycles. The lowest BCUT2D eigenvalue weighted by molar-refractivity contribution is -0.152. The van der Waals surface area contributed by atoms with Crippen molar-refractivity contribution in [3.63, 3.8) is 0 Å². The minimum atomic E-state index is -5.03. The molecule has 206 valence electrons. The molecular formula is C22H23ClF6N8O. The second-order valence-corrected chi connectivity index (χ2v) is 9.55. The van der Waals surface area contributed by atoms with Gasteiger partial charge in [-0.1, -0.05) is 18.5 Å². The van der Waals surface area contributed by atoms with Gasteiger partial charge in [-0.15, -0.1) is 10.2 Å². The van der Waals surface area contributed by atoms with Gasteiger partial charge in [0.05, 0.1) is 22.8 Å². The minimum Gasteiger partial charge on any atom is -0.371 e. The van der Waals surface area contributed by atoms with Gasteiger partial charge in [0, 0.05) is 24.3 Å². The number of alkyl halides is 6. The Bertz CT molecular complexity index is 1290. The highest BCUT2D eigenvalue weighted by atomic mass is 35.5. The number of piperidine rings is 1. The van der Waals surface area contributed by atoms with Gasteiger partial charge < -0.3 is 10.2 Å². The number of nitrogens with zero attached hydrogens (tertiary/aromatic N) is 6. The molecule has 1 saturated heterocycles. The van der Waals surface area contributed by atoms with Crippen LogP contribution in [0.25, 0.3) is 11.4 Å². The van der Waals surface area contributed by atoms with Gasteiger partial charge >= 0.3 is 12.4 Å². The standard InChI is InChI=1S/C22H23ClF6N8O/c1-11-4-3-7-36(10-11)13-5-6-15(14(8-13)19-31-34-35-32-19)30-20(38)16(9-21(24,25)26)37-12(2)17(23)18(33-37)22(27,28)29/h5-6,8,11,16H,3-4,7,9-10H2,1-2H3,(H,30,38)(H,31,32,34,35)/t11-,16+/m1/s1. The summed E-state index contributed by atoms with van der Waals surface area (Å²) in [6.45, 7) is 4.75. The monoisotopic (exact) mass is 564 g/mol. The average molecular weight is 565 g/mol. The molecule has 0 aliphatic carbocycles. The van der Waals surface area contributed by atoms with E-state index in [9.17, 15) is 31.1 Å². The number of benzene rings is 1. The lowest BCUT2D eigenvalue weighted by Crippen LogP contribution is -2.34. The van der Waals surface area contributed by atoms with E-state index in [1.807, 2.05) is 0 Å². The van der Waals surface area contributed by atoms with E-state index < -0.39 is 47.1 Å². The third-order valence-electron chi connectivity index (χ3n) is 6.24. The highest BCUT2D eigenvalue weighted by Gasteiger charge is 2.42. The number of H-pyrrole nitrogens is 1. The lowest BCUT2D eigenvalue weighted by Gasteiger charge is -2.33. The first kappa shape index (κ1) is 27.7. The predicted molar refractivity (Wildman–Crippen MR) is 126 cm³/mol. The van der Waals surface area contributed by atoms with Crippen LogP contribution in [0.1, 0.15) is 43.6 Å². The van der Waals surface area contributed by atoms with Crippen molar-refractivity contribution < 1.29 is 31.1 Å². The number of tetrazole rings is 1. The van der Waals surface area contributed by atoms with Gasteiger partial charge in [0.25, 0.3) is 0 Å². The molecule has 1 aliphatic rings. The van der Waals surface area contributed by atoms with Crippen molar-refractivity contribution in [2.24, 2.45) is 5.92 Å². The summed E-state index contributed by atoms with van der Waals surface area (Å²) in [5, 5.41) is 18.4. The van der Waals surface area contributed by atoms with Gasteiger partial charge in [-0.05, 0) is 49.1 Å². The summed E-state index contributed by atoms with van der Waals surface area (Å²) in [7, 11) is 0. The zero-order valence-corrected chi connectivity index (χ0v) is 20.9. The fourth-order valence-corrected chi connectivity index (χ4v) is 4.66. The van der Waals surface area contributed by atoms with Crippen molar-refractivity contribution in [2.45, 2.75) is 51.5 Å². The fraction of sp³-hybridized carbons (Fsp3) is 0.500. The van der Waals surface area contributed by atoms with Crippen LogP contribution in [0.5, 0.6) is 0 Å². The molecule has 9 nitrogen and oxygen atoms in total. The summed E-state index contributed by atoms with van der Waals surface area (Å²) >= 11 is 5.73. The van der Waals surface area contributed by atoms with E-state index in [4.69, 9.17) is 11.6 Å². The highest BCUT2D eigenvalue weighted by molar-refractivity contribution is 6.32. The van der Waals surface area contributed by atoms with Crippen molar-refractivity contribution in [1.29, 1.82) is 0 Å². The molecule has 38 heavy (non-hydrogen) atoms. The highest BCUT2D eigenvalue weighted by Crippen LogP contribution is 2.39. The molecule has 2 N–H and O–H groups in total. The Balaban J connectivity index is 1.71. The molecule has 2 atom stereocenters. The SMILES string of the molecule is Cc1c(Cl)c(C(F)(F)F)nn1[C@@H](CC(F)(F)F)C(=O)Nc1ccc(N2CCC[C@@H](C)C2)cc1-c1nn[nH]n1. The smallest absolute Gasteiger partial charge is 0.371 e. The van der Waals surface area contributed by atoms with E-state index in [2.05, 4.69) is 42.9 Å². The van der Waals surface area contributed by atoms with Crippen LogP contribution >= 0.6 is 11.6 Å². The normalized spacial score (nSPS) is 17.5. The van der Waals surface area contributed by atoms with E-state index in [0.29, 0.717) is 10.6 Å². The first-order chi connectivity index (χ1) is 17.7. The van der Waals surface area contributed by atoms with Crippen LogP contribution in [0, 0.1) is 12.8 Å². The van der Waals surface area contributed by atoms with E-state index in [0.717, 1.165) is 38.5 Å². The summed E-state index contributed by atoms with van der Waals surface area (Å²) in [6, 6.07) is 2.67. The van der Waals surface area contributed by atoms with E-state index >= 15 is 0 Å². The number of anilines is 2. The van der Waals surface area contributed by atoms with Gasteiger partial charge in [-0.2, -0.15) is 36.7 Å². The predicted octanol–water partition coefficient (Wildman–Crippen LogP) is 5.41. The number of carbonyl (C=O) groups is 1. The molecular weight excluding hydrogens is 542 g/mol. The van der Waals surface area contributed by atoms with Crippen molar-refractivity contribution >= 4 is 28.9 Å². The molecule has 16 heteroatoms. The molecule has 4 rings (SSSR count). The lowest BCUT2D eigenvalue weighted by atomic mass is 9.99. The molecule has 2 aromatic heterocycles. The molecule has 1 fully saturated rings. The molecule has 1 aromatic carbocycles. The summed E-state index contributed by atoms with van der Waals surface area (Å²) in [5.41, 5.74) is -0.921. The maximum atomic E-state index is 13.4. The van der Waals surface area contributed by atoms with Gasteiger partial charge in [0.1, 0.15) is 6.04 Å². The molecule has 0 spiro atoms. The zero-order chi connectivity index (χ0) is 27.8. The van der Waals surface area contributed by atoms with E-state index in [-0.39, 0.29) is 17.1 Å². The van der Waals surface area contributed by atoms with Crippen molar-refractivity contribution in [3.8, 4) is 11.4 Å². The number of halogens is 7. The van der Waals surface area contributed by atoms with Gasteiger partial charge in [0.2, 0.25) is 11.7 Å². The maximum Gasteiger partial charge on any atom is 0.436 e. The first-order valence-electron chi connectivity index (χ1n) is 11.6. The number of aromatic amines is 1. The fourth-order valence-electron chi connectivity index (χ4n) is 4.43. The van der Waals surface area contributed by atoms with Gasteiger partial charge in [-0.25, -0.2) is 0 Å². The molecule has 0 bridgehead atoms. The average Bonchev–Trinajstić information content (AvgIpc) is 3.46. The van der Waals surface area contributed by atoms with Crippen LogP contribution in [-0.2, 0) is 11.0 Å². The summed E-state index contributed by atoms with van der Waals surface area (Å²) < 4.78 is 80.6. The second kappa shape index (κ2) is 10.4. The van der Waals surface area contributed by atoms with Gasteiger partial charge in [0.15, 0.2) is 5.69 Å². The van der Waals surface area contributed by atoms with Crippen molar-refractivity contribution in [2.75, 3.05) is 23.3 Å². The first-order valence-corrected chi connectivity index (χ1v) is 11.9. The molecule has 0 radical (unpaired) electrons. The van der Waals surface area contributed by atoms with Crippen LogP contribution in [-0.4, -0.2) is 55.6 Å². The number of hydrogen-bond acceptors (Lipinski definition) is 6. The Kier molecular flexibility index (Phi) is 7.59. The van der Waals surface area contributed by atoms with Gasteiger partial charge in [-0.3, -0.25) is 9.48 Å². The third kappa shape index (κ3) is 6.03. The topological polar surface area (TPSA) is 105 Å². The Morgan fingerprint density at radius 2 is 2.00 bits per heavy atom. The van der Waals surface area contributed by atoms with Crippen LogP contribution < -0.4 is 10.2 Å². The maximum absolute atomic E-state index is 13.4. The number of nitrogens with one attached hydrogen (secondary N) is 2. The van der Waals surface area contributed by atoms with Crippen LogP contribution in [0.15, 0.2) is 18.2 Å². The number of carbonyl (C=O) groups excluding carboxylic acids is 1. The van der Waals surface area contributed by atoms with Crippen LogP contribution in [0.2, 0.25) is 5.02 Å². The summed E-state index contributed by atoms with van der Waals surface area (Å²) in [6.07, 6.45) is -9.66. The molecule has 0 saturated carbocycles. The quantitative estimate of drug-likeness (QED) is 0.388. The second-order valence-electron chi connectivity index (χ2n) is 9.17. The van der Waals surface area contributed by atoms with Crippen molar-refractivity contribution in [3.05, 3.63) is 34.6 Å². The largest absolute Gasteiger partial charge is 0.436 e. The van der Waals surface area contributed by atoms with E-state index in [1.165, 1.54) is 6.07 Å². The number of rotatable bonds is 6. The third-order valence-corrected chi connectivity index (χ3v) is 6.69. The summed E-state index contributed by atoms with van der Waals surface area (Å²) in [4.78, 5) is 15.3. The number of aromatic nitrogens is 6. The zero-order valence-electron chi connectivity index (χ0n) is 20.2. The Labute approximate surface area is 217 Å². The minimum absolute atomic E-state index is 0.0457. The molecule has 1 amide bonds. The van der Waals surface area contributed by atoms with E-state index in [1.54, 1.807) is 12.1 Å². The Morgan fingerprint density at radius 1 is 1.26 bits per heavy atom. The molecule has 3 aromatic rings. The summed E-state index contributed by atoms with van der Waals surface area (Å²) in [5.74, 6) is -0.731. The Morgan fingerprint density at radius 3 is 2.58 bits per heavy atom. The van der Waals surface area contributed by atoms with Crippen LogP contribution in [0.3, 0.4) is 0 Å². The number of hydrogen-bond donors (Lipinski definition) is 2. The van der Waals surface area contributed by atoms with Crippen LogP contribution in [0.4, 0.5) is 37.7 Å². The molecule has 1 aliphatic heterocycles. The Hall–Kier alpha value is -3.36.